The molecule has 2 aromatic heterocycles. The maximum absolute atomic E-state index is 15.5. The van der Waals surface area contributed by atoms with Crippen molar-refractivity contribution >= 4 is 35.2 Å². The van der Waals surface area contributed by atoms with E-state index in [1.54, 1.807) is 9.80 Å². The number of nitrogens with zero attached hydrogens (tertiary/aromatic N) is 4. The largest absolute Gasteiger partial charge is 0.484 e. The van der Waals surface area contributed by atoms with E-state index in [0.717, 1.165) is 56.4 Å². The van der Waals surface area contributed by atoms with Crippen LogP contribution in [0.25, 0.3) is 0 Å². The van der Waals surface area contributed by atoms with Gasteiger partial charge in [-0.1, -0.05) is 0 Å². The molecular formula is C47H44F10N6O6. The first-order valence-corrected chi connectivity index (χ1v) is 23.4. The predicted molar refractivity (Wildman–Crippen MR) is 222 cm³/mol. The second kappa shape index (κ2) is 15.7. The Hall–Kier alpha value is -5.70. The number of fused-ring (bicyclic) bond motifs is 3. The number of anilines is 4. The maximum atomic E-state index is 15.5. The molecule has 12 nitrogen and oxygen atoms in total. The van der Waals surface area contributed by atoms with Crippen LogP contribution in [0.3, 0.4) is 0 Å². The fourth-order valence-corrected chi connectivity index (χ4v) is 13.3. The lowest BCUT2D eigenvalue weighted by atomic mass is 9.88. The fourth-order valence-electron chi connectivity index (χ4n) is 13.3. The van der Waals surface area contributed by atoms with Crippen LogP contribution in [0.2, 0.25) is 0 Å². The molecule has 4 aromatic rings. The van der Waals surface area contributed by atoms with E-state index >= 15 is 17.6 Å². The Bertz CT molecular complexity index is 2680. The number of hydrogen-bond donors (Lipinski definition) is 2. The maximum Gasteiger partial charge on any atom is 0.396 e. The zero-order valence-electron chi connectivity index (χ0n) is 36.5. The number of nitrogens with one attached hydrogen (secondary N) is 2. The van der Waals surface area contributed by atoms with Crippen molar-refractivity contribution in [2.75, 3.05) is 46.6 Å². The Labute approximate surface area is 386 Å². The van der Waals surface area contributed by atoms with Crippen molar-refractivity contribution in [1.82, 2.24) is 9.97 Å². The molecule has 7 aliphatic carbocycles. The number of carbonyl (C=O) groups is 2. The molecule has 22 heteroatoms. The number of benzene rings is 2. The van der Waals surface area contributed by atoms with Crippen LogP contribution in [-0.4, -0.2) is 72.5 Å². The van der Waals surface area contributed by atoms with E-state index < -0.39 is 101 Å². The Morgan fingerprint density at radius 2 is 1.12 bits per heavy atom. The molecule has 2 bridgehead atoms. The molecule has 69 heavy (non-hydrogen) atoms. The van der Waals surface area contributed by atoms with Gasteiger partial charge in [0.25, 0.3) is 23.8 Å². The van der Waals surface area contributed by atoms with Gasteiger partial charge in [-0.25, -0.2) is 17.6 Å². The number of carbonyl (C=O) groups excluding carboxylic acids is 2. The molecule has 2 aromatic carbocycles. The lowest BCUT2D eigenvalue weighted by Crippen LogP contribution is -2.24. The molecule has 13 rings (SSSR count). The van der Waals surface area contributed by atoms with E-state index in [0.29, 0.717) is 69.1 Å². The third-order valence-electron chi connectivity index (χ3n) is 16.2. The minimum Gasteiger partial charge on any atom is -0.484 e. The zero-order valence-corrected chi connectivity index (χ0v) is 36.5. The van der Waals surface area contributed by atoms with E-state index in [9.17, 15) is 35.9 Å². The number of amides is 2. The number of hydrogen-bond acceptors (Lipinski definition) is 10. The quantitative estimate of drug-likeness (QED) is 0.125. The van der Waals surface area contributed by atoms with Crippen LogP contribution < -0.4 is 29.9 Å². The van der Waals surface area contributed by atoms with E-state index in [1.807, 2.05) is 0 Å². The van der Waals surface area contributed by atoms with Crippen LogP contribution in [0.4, 0.5) is 67.3 Å². The third-order valence-corrected chi connectivity index (χ3v) is 16.2. The normalized spacial score (nSPS) is 31.4. The molecule has 368 valence electrons. The van der Waals surface area contributed by atoms with Crippen molar-refractivity contribution in [1.29, 1.82) is 0 Å². The van der Waals surface area contributed by atoms with Crippen molar-refractivity contribution in [3.8, 4) is 11.5 Å². The lowest BCUT2D eigenvalue weighted by molar-refractivity contribution is -0.131. The van der Waals surface area contributed by atoms with Crippen molar-refractivity contribution in [3.05, 3.63) is 70.4 Å². The lowest BCUT2D eigenvalue weighted by Gasteiger charge is -2.22. The Morgan fingerprint density at radius 3 is 1.59 bits per heavy atom. The highest BCUT2D eigenvalue weighted by molar-refractivity contribution is 6.04. The molecule has 7 saturated carbocycles. The molecule has 2 aliphatic heterocycles. The molecule has 9 aliphatic rings. The summed E-state index contributed by atoms with van der Waals surface area (Å²) in [6.45, 7) is 1.75. The number of halogens is 10. The second-order valence-electron chi connectivity index (χ2n) is 20.4. The first-order chi connectivity index (χ1) is 32.8. The molecule has 0 spiro atoms. The number of alkyl halides is 6. The summed E-state index contributed by atoms with van der Waals surface area (Å²) in [4.78, 5) is 38.0. The van der Waals surface area contributed by atoms with Gasteiger partial charge in [0.2, 0.25) is 0 Å². The number of ether oxygens (including phenoxy) is 2. The summed E-state index contributed by atoms with van der Waals surface area (Å²) >= 11 is 0. The molecule has 9 unspecified atom stereocenters. The van der Waals surface area contributed by atoms with E-state index in [-0.39, 0.29) is 58.6 Å². The summed E-state index contributed by atoms with van der Waals surface area (Å²) in [7, 11) is 0. The summed E-state index contributed by atoms with van der Waals surface area (Å²) in [5.74, 6) is -7.06. The van der Waals surface area contributed by atoms with Gasteiger partial charge in [-0.15, -0.1) is 0 Å². The molecule has 2 amide bonds. The van der Waals surface area contributed by atoms with Gasteiger partial charge in [0.15, 0.2) is 46.2 Å². The second-order valence-corrected chi connectivity index (χ2v) is 20.4. The number of rotatable bonds is 13. The standard InChI is InChI=1S/C47H44F10N6O6/c48-28-10-24(11-29(49)39(28)66-26-8-19-5-20(19)9-26)58-42(65)38-34(16-46(55,56)57)69-44(61-38)63-17-21-6-23(7-22(21)18-63)47-27-14-32(36(47)35(27)47)67-40-30(50)12-25(13-31(40)51)59-41(64)37-33(15-45(52,53)54)68-43(60-37)62-3-1-2-4-62/h10-13,19-23,26-27,32,35-36H,1-9,14-18H2,(H,58,65)(H,59,64). The topological polar surface area (TPSA) is 135 Å². The van der Waals surface area contributed by atoms with Crippen LogP contribution >= 0.6 is 0 Å². The monoisotopic (exact) mass is 978 g/mol. The van der Waals surface area contributed by atoms with Crippen molar-refractivity contribution in [2.45, 2.75) is 88.8 Å². The SMILES string of the molecule is O=C(Nc1cc(F)c(OC2CC3C4C2C34C2CC3CN(c4nc(C(=O)Nc5cc(F)c(OC6CC7CC7C6)c(F)c5)c(CC(F)(F)F)o4)CC3C2)c(F)c1)c1nc(N2CCCC2)oc1CC(F)(F)F. The summed E-state index contributed by atoms with van der Waals surface area (Å²) in [5, 5.41) is 4.51. The molecular weight excluding hydrogens is 935 g/mol. The van der Waals surface area contributed by atoms with Gasteiger partial charge >= 0.3 is 12.4 Å². The predicted octanol–water partition coefficient (Wildman–Crippen LogP) is 9.89. The summed E-state index contributed by atoms with van der Waals surface area (Å²) in [6, 6.07) is 3.03. The van der Waals surface area contributed by atoms with Crippen molar-refractivity contribution in [3.63, 3.8) is 0 Å². The molecule has 2 N–H and O–H groups in total. The van der Waals surface area contributed by atoms with E-state index in [2.05, 4.69) is 20.6 Å². The molecule has 4 heterocycles. The summed E-state index contributed by atoms with van der Waals surface area (Å²) < 4.78 is 165. The highest BCUT2D eigenvalue weighted by Crippen LogP contribution is 2.95. The van der Waals surface area contributed by atoms with E-state index in [1.165, 1.54) is 0 Å². The van der Waals surface area contributed by atoms with Gasteiger partial charge in [0.05, 0.1) is 6.10 Å². The van der Waals surface area contributed by atoms with Crippen molar-refractivity contribution in [2.24, 2.45) is 52.8 Å². The Balaban J connectivity index is 0.673. The van der Waals surface area contributed by atoms with Crippen molar-refractivity contribution < 1.29 is 71.8 Å². The first kappa shape index (κ1) is 44.5. The van der Waals surface area contributed by atoms with Crippen LogP contribution in [0.1, 0.15) is 83.9 Å². The van der Waals surface area contributed by atoms with Gasteiger partial charge < -0.3 is 38.7 Å². The Morgan fingerprint density at radius 1 is 0.638 bits per heavy atom. The van der Waals surface area contributed by atoms with Gasteiger partial charge in [-0.3, -0.25) is 9.59 Å². The van der Waals surface area contributed by atoms with Crippen LogP contribution in [0, 0.1) is 76.0 Å². The third kappa shape index (κ3) is 7.90. The highest BCUT2D eigenvalue weighted by Gasteiger charge is 2.94. The zero-order chi connectivity index (χ0) is 48.1. The van der Waals surface area contributed by atoms with Crippen LogP contribution in [0.15, 0.2) is 33.1 Å². The van der Waals surface area contributed by atoms with Crippen LogP contribution in [-0.2, 0) is 12.8 Å². The van der Waals surface area contributed by atoms with Gasteiger partial charge in [0, 0.05) is 67.7 Å². The first-order valence-electron chi connectivity index (χ1n) is 23.4. The van der Waals surface area contributed by atoms with Crippen LogP contribution in [0.5, 0.6) is 11.5 Å². The number of aromatic nitrogens is 2. The fraction of sp³-hybridized carbons (Fsp3) is 0.574. The number of oxazole rings is 2. The highest BCUT2D eigenvalue weighted by atomic mass is 19.4. The van der Waals surface area contributed by atoms with Gasteiger partial charge in [-0.2, -0.15) is 36.3 Å². The summed E-state index contributed by atoms with van der Waals surface area (Å²) in [6.07, 6.45) is -7.28. The van der Waals surface area contributed by atoms with Gasteiger partial charge in [0.1, 0.15) is 30.5 Å². The minimum atomic E-state index is -4.77. The van der Waals surface area contributed by atoms with Gasteiger partial charge in [-0.05, 0) is 98.2 Å². The average Bonchev–Trinajstić information content (AvgIpc) is 3.77. The molecule has 9 fully saturated rings. The minimum absolute atomic E-state index is 0.0471. The molecule has 2 saturated heterocycles. The summed E-state index contributed by atoms with van der Waals surface area (Å²) in [5.41, 5.74) is -2.04. The Kier molecular flexibility index (Phi) is 10.1. The smallest absolute Gasteiger partial charge is 0.396 e. The van der Waals surface area contributed by atoms with E-state index in [4.69, 9.17) is 18.3 Å². The molecule has 9 atom stereocenters. The average molecular weight is 979 g/mol. The molecule has 0 radical (unpaired) electrons.